The third-order valence-corrected chi connectivity index (χ3v) is 5.89. The maximum atomic E-state index is 12.6. The molecule has 1 N–H and O–H groups in total. The van der Waals surface area contributed by atoms with Gasteiger partial charge in [0.15, 0.2) is 0 Å². The van der Waals surface area contributed by atoms with Crippen LogP contribution in [0.25, 0.3) is 0 Å². The first-order chi connectivity index (χ1) is 12.8. The summed E-state index contributed by atoms with van der Waals surface area (Å²) in [6.07, 6.45) is 0.0457. The second kappa shape index (κ2) is 8.19. The minimum Gasteiger partial charge on any atom is -0.491 e. The molecular weight excluding hydrogens is 362 g/mol. The van der Waals surface area contributed by atoms with Crippen LogP contribution in [0.1, 0.15) is 13.8 Å². The predicted molar refractivity (Wildman–Crippen MR) is 109 cm³/mol. The van der Waals surface area contributed by atoms with Crippen LogP contribution in [0, 0.1) is 0 Å². The average Bonchev–Trinajstić information content (AvgIpc) is 2.63. The van der Waals surface area contributed by atoms with Gasteiger partial charge in [0.2, 0.25) is 0 Å². The molecule has 1 aliphatic heterocycles. The lowest BCUT2D eigenvalue weighted by molar-refractivity contribution is 0.242. The van der Waals surface area contributed by atoms with Gasteiger partial charge in [0, 0.05) is 37.6 Å². The van der Waals surface area contributed by atoms with E-state index in [0.717, 1.165) is 31.9 Å². The molecule has 0 aliphatic carbocycles. The van der Waals surface area contributed by atoms with Gasteiger partial charge in [-0.05, 0) is 69.4 Å². The maximum Gasteiger partial charge on any atom is 0.261 e. The normalized spacial score (nSPS) is 15.8. The predicted octanol–water partition coefficient (Wildman–Crippen LogP) is 3.03. The molecule has 27 heavy (non-hydrogen) atoms. The van der Waals surface area contributed by atoms with E-state index in [4.69, 9.17) is 4.74 Å². The Hall–Kier alpha value is -2.25. The van der Waals surface area contributed by atoms with Gasteiger partial charge in [0.25, 0.3) is 10.0 Å². The van der Waals surface area contributed by atoms with Gasteiger partial charge in [-0.15, -0.1) is 0 Å². The van der Waals surface area contributed by atoms with E-state index in [1.807, 2.05) is 26.0 Å². The van der Waals surface area contributed by atoms with Crippen molar-refractivity contribution in [3.63, 3.8) is 0 Å². The lowest BCUT2D eigenvalue weighted by Gasteiger charge is -2.34. The van der Waals surface area contributed by atoms with Crippen molar-refractivity contribution in [2.45, 2.75) is 24.8 Å². The van der Waals surface area contributed by atoms with E-state index < -0.39 is 10.0 Å². The molecule has 0 bridgehead atoms. The number of ether oxygens (including phenoxy) is 1. The lowest BCUT2D eigenvalue weighted by Crippen LogP contribution is -2.44. The Labute approximate surface area is 161 Å². The van der Waals surface area contributed by atoms with Crippen LogP contribution in [-0.2, 0) is 10.0 Å². The highest BCUT2D eigenvalue weighted by atomic mass is 32.2. The van der Waals surface area contributed by atoms with Crippen LogP contribution in [0.15, 0.2) is 53.4 Å². The molecule has 0 unspecified atom stereocenters. The number of anilines is 2. The van der Waals surface area contributed by atoms with Crippen molar-refractivity contribution in [2.24, 2.45) is 0 Å². The molecule has 2 aromatic carbocycles. The summed E-state index contributed by atoms with van der Waals surface area (Å²) in [7, 11) is -1.51. The fourth-order valence-corrected chi connectivity index (χ4v) is 4.05. The number of piperazine rings is 1. The Kier molecular flexibility index (Phi) is 5.92. The van der Waals surface area contributed by atoms with Gasteiger partial charge in [0.05, 0.1) is 11.0 Å². The summed E-state index contributed by atoms with van der Waals surface area (Å²) in [6.45, 7) is 7.88. The Morgan fingerprint density at radius 3 is 2.07 bits per heavy atom. The molecule has 2 aromatic rings. The third kappa shape index (κ3) is 5.14. The summed E-state index contributed by atoms with van der Waals surface area (Å²) in [5.74, 6) is 0.653. The molecule has 6 nitrogen and oxygen atoms in total. The van der Waals surface area contributed by atoms with Crippen molar-refractivity contribution in [3.05, 3.63) is 48.5 Å². The number of sulfonamides is 1. The zero-order valence-electron chi connectivity index (χ0n) is 16.1. The molecule has 1 saturated heterocycles. The quantitative estimate of drug-likeness (QED) is 0.823. The monoisotopic (exact) mass is 389 g/mol. The SMILES string of the molecule is CC(C)Oc1ccc(S(=O)(=O)Nc2ccc(N3CCN(C)CC3)cc2)cc1. The maximum absolute atomic E-state index is 12.6. The fraction of sp³-hybridized carbons (Fsp3) is 0.400. The van der Waals surface area contributed by atoms with Crippen LogP contribution in [-0.4, -0.2) is 52.6 Å². The van der Waals surface area contributed by atoms with Crippen LogP contribution in [0.3, 0.4) is 0 Å². The fourth-order valence-electron chi connectivity index (χ4n) is 2.99. The van der Waals surface area contributed by atoms with Crippen LogP contribution < -0.4 is 14.4 Å². The number of hydrogen-bond acceptors (Lipinski definition) is 5. The third-order valence-electron chi connectivity index (χ3n) is 4.49. The van der Waals surface area contributed by atoms with Crippen LogP contribution in [0.4, 0.5) is 11.4 Å². The summed E-state index contributed by atoms with van der Waals surface area (Å²) in [6, 6.07) is 14.0. The molecule has 0 spiro atoms. The number of rotatable bonds is 6. The highest BCUT2D eigenvalue weighted by Gasteiger charge is 2.16. The van der Waals surface area contributed by atoms with E-state index in [9.17, 15) is 8.42 Å². The Balaban J connectivity index is 1.66. The standard InChI is InChI=1S/C20H27N3O3S/c1-16(2)26-19-8-10-20(11-9-19)27(24,25)21-17-4-6-18(7-5-17)23-14-12-22(3)13-15-23/h4-11,16,21H,12-15H2,1-3H3. The Morgan fingerprint density at radius 2 is 1.52 bits per heavy atom. The van der Waals surface area contributed by atoms with Crippen molar-refractivity contribution < 1.29 is 13.2 Å². The smallest absolute Gasteiger partial charge is 0.261 e. The summed E-state index contributed by atoms with van der Waals surface area (Å²) < 4.78 is 33.4. The van der Waals surface area contributed by atoms with Crippen LogP contribution in [0.2, 0.25) is 0 Å². The number of nitrogens with zero attached hydrogens (tertiary/aromatic N) is 2. The topological polar surface area (TPSA) is 61.9 Å². The van der Waals surface area contributed by atoms with E-state index >= 15 is 0 Å². The number of benzene rings is 2. The zero-order chi connectivity index (χ0) is 19.4. The molecule has 1 heterocycles. The molecule has 0 atom stereocenters. The van der Waals surface area contributed by atoms with Crippen molar-refractivity contribution >= 4 is 21.4 Å². The molecule has 3 rings (SSSR count). The van der Waals surface area contributed by atoms with Crippen molar-refractivity contribution in [1.82, 2.24) is 4.90 Å². The van der Waals surface area contributed by atoms with Crippen molar-refractivity contribution in [3.8, 4) is 5.75 Å². The first-order valence-electron chi connectivity index (χ1n) is 9.16. The summed E-state index contributed by atoms with van der Waals surface area (Å²) >= 11 is 0. The number of likely N-dealkylation sites (N-methyl/N-ethyl adjacent to an activating group) is 1. The van der Waals surface area contributed by atoms with Crippen molar-refractivity contribution in [2.75, 3.05) is 42.8 Å². The van der Waals surface area contributed by atoms with Gasteiger partial charge < -0.3 is 14.5 Å². The Bertz CT molecular complexity index is 841. The minimum atomic E-state index is -3.63. The van der Waals surface area contributed by atoms with Gasteiger partial charge >= 0.3 is 0 Å². The minimum absolute atomic E-state index is 0.0457. The van der Waals surface area contributed by atoms with E-state index in [-0.39, 0.29) is 11.0 Å². The van der Waals surface area contributed by atoms with Crippen LogP contribution in [0.5, 0.6) is 5.75 Å². The van der Waals surface area contributed by atoms with Crippen molar-refractivity contribution in [1.29, 1.82) is 0 Å². The summed E-state index contributed by atoms with van der Waals surface area (Å²) in [5.41, 5.74) is 1.66. The molecule has 146 valence electrons. The molecule has 0 saturated carbocycles. The van der Waals surface area contributed by atoms with Gasteiger partial charge in [-0.1, -0.05) is 0 Å². The molecule has 0 amide bonds. The second-order valence-corrected chi connectivity index (χ2v) is 8.76. The highest BCUT2D eigenvalue weighted by Crippen LogP contribution is 2.23. The average molecular weight is 390 g/mol. The number of hydrogen-bond donors (Lipinski definition) is 1. The summed E-state index contributed by atoms with van der Waals surface area (Å²) in [5, 5.41) is 0. The van der Waals surface area contributed by atoms with Gasteiger partial charge in [0.1, 0.15) is 5.75 Å². The molecular formula is C20H27N3O3S. The van der Waals surface area contributed by atoms with E-state index in [2.05, 4.69) is 21.6 Å². The lowest BCUT2D eigenvalue weighted by atomic mass is 10.2. The van der Waals surface area contributed by atoms with Gasteiger partial charge in [-0.2, -0.15) is 0 Å². The van der Waals surface area contributed by atoms with Gasteiger partial charge in [-0.25, -0.2) is 8.42 Å². The molecule has 0 aromatic heterocycles. The highest BCUT2D eigenvalue weighted by molar-refractivity contribution is 7.92. The molecule has 1 aliphatic rings. The first kappa shape index (κ1) is 19.5. The first-order valence-corrected chi connectivity index (χ1v) is 10.6. The number of nitrogens with one attached hydrogen (secondary N) is 1. The second-order valence-electron chi connectivity index (χ2n) is 7.08. The van der Waals surface area contributed by atoms with E-state index in [1.54, 1.807) is 36.4 Å². The van der Waals surface area contributed by atoms with Crippen LogP contribution >= 0.6 is 0 Å². The molecule has 0 radical (unpaired) electrons. The van der Waals surface area contributed by atoms with E-state index in [1.165, 1.54) is 0 Å². The van der Waals surface area contributed by atoms with E-state index in [0.29, 0.717) is 11.4 Å². The van der Waals surface area contributed by atoms with Gasteiger partial charge in [-0.3, -0.25) is 4.72 Å². The zero-order valence-corrected chi connectivity index (χ0v) is 16.9. The Morgan fingerprint density at radius 1 is 0.926 bits per heavy atom. The summed E-state index contributed by atoms with van der Waals surface area (Å²) in [4.78, 5) is 4.82. The largest absolute Gasteiger partial charge is 0.491 e. The molecule has 7 heteroatoms. The molecule has 1 fully saturated rings.